The van der Waals surface area contributed by atoms with Crippen molar-refractivity contribution in [3.05, 3.63) is 64.7 Å². The molecule has 1 unspecified atom stereocenters. The quantitative estimate of drug-likeness (QED) is 0.737. The van der Waals surface area contributed by atoms with E-state index in [1.165, 1.54) is 12.8 Å². The lowest BCUT2D eigenvalue weighted by Crippen LogP contribution is -2.38. The summed E-state index contributed by atoms with van der Waals surface area (Å²) in [6.07, 6.45) is 2.37. The molecule has 1 saturated heterocycles. The van der Waals surface area contributed by atoms with Gasteiger partial charge in [-0.05, 0) is 56.6 Å². The number of hydrogen-bond acceptors (Lipinski definition) is 3. The second-order valence-corrected chi connectivity index (χ2v) is 7.09. The summed E-state index contributed by atoms with van der Waals surface area (Å²) in [5.41, 5.74) is 2.23. The fourth-order valence-corrected chi connectivity index (χ4v) is 3.54. The van der Waals surface area contributed by atoms with Gasteiger partial charge in [-0.25, -0.2) is 0 Å². The maximum atomic E-state index is 12.2. The van der Waals surface area contributed by atoms with E-state index in [1.807, 2.05) is 55.5 Å². The number of carbonyl (C=O) groups excluding carboxylic acids is 1. The van der Waals surface area contributed by atoms with Gasteiger partial charge in [0.25, 0.3) is 5.91 Å². The summed E-state index contributed by atoms with van der Waals surface area (Å²) in [4.78, 5) is 14.6. The molecule has 27 heavy (non-hydrogen) atoms. The number of hydrogen-bond donors (Lipinski definition) is 1. The zero-order valence-corrected chi connectivity index (χ0v) is 17.1. The van der Waals surface area contributed by atoms with Gasteiger partial charge in [0, 0.05) is 11.6 Å². The van der Waals surface area contributed by atoms with Crippen LogP contribution in [-0.2, 0) is 4.79 Å². The van der Waals surface area contributed by atoms with Crippen LogP contribution in [0.3, 0.4) is 0 Å². The molecule has 1 amide bonds. The lowest BCUT2D eigenvalue weighted by atomic mass is 10.1. The number of ether oxygens (including phenoxy) is 1. The summed E-state index contributed by atoms with van der Waals surface area (Å²) < 4.78 is 5.56. The van der Waals surface area contributed by atoms with Gasteiger partial charge in [-0.3, -0.25) is 9.69 Å². The van der Waals surface area contributed by atoms with E-state index in [4.69, 9.17) is 16.3 Å². The monoisotopic (exact) mass is 408 g/mol. The Morgan fingerprint density at radius 3 is 2.48 bits per heavy atom. The minimum atomic E-state index is -0.123. The summed E-state index contributed by atoms with van der Waals surface area (Å²) in [6.45, 7) is 4.62. The Morgan fingerprint density at radius 1 is 1.15 bits per heavy atom. The Kier molecular flexibility index (Phi) is 8.42. The first kappa shape index (κ1) is 21.5. The summed E-state index contributed by atoms with van der Waals surface area (Å²) in [6, 6.07) is 15.6. The highest BCUT2D eigenvalue weighted by Gasteiger charge is 2.25. The number of aryl methyl sites for hydroxylation is 1. The van der Waals surface area contributed by atoms with Crippen molar-refractivity contribution in [1.29, 1.82) is 0 Å². The third-order valence-corrected chi connectivity index (χ3v) is 5.07. The molecule has 0 radical (unpaired) electrons. The Balaban J connectivity index is 0.00000261. The van der Waals surface area contributed by atoms with Crippen molar-refractivity contribution in [3.8, 4) is 5.75 Å². The molecule has 0 bridgehead atoms. The van der Waals surface area contributed by atoms with E-state index < -0.39 is 0 Å². The molecule has 1 heterocycles. The van der Waals surface area contributed by atoms with Crippen LogP contribution in [0.15, 0.2) is 48.5 Å². The van der Waals surface area contributed by atoms with Crippen LogP contribution in [0, 0.1) is 6.92 Å². The van der Waals surface area contributed by atoms with Gasteiger partial charge in [-0.2, -0.15) is 0 Å². The lowest BCUT2D eigenvalue weighted by Gasteiger charge is -2.29. The average molecular weight is 409 g/mol. The van der Waals surface area contributed by atoms with Crippen molar-refractivity contribution < 1.29 is 9.53 Å². The number of carbonyl (C=O) groups is 1. The number of likely N-dealkylation sites (tertiary alicyclic amines) is 1. The summed E-state index contributed by atoms with van der Waals surface area (Å²) in [5.74, 6) is 0.578. The molecule has 4 nitrogen and oxygen atoms in total. The van der Waals surface area contributed by atoms with Crippen LogP contribution in [0.25, 0.3) is 0 Å². The number of amides is 1. The predicted molar refractivity (Wildman–Crippen MR) is 112 cm³/mol. The SMILES string of the molecule is Cc1ccc(OCC(=O)NCC(c2ccccc2Cl)N2CCCC2)cc1.Cl. The van der Waals surface area contributed by atoms with Crippen molar-refractivity contribution in [2.24, 2.45) is 0 Å². The lowest BCUT2D eigenvalue weighted by molar-refractivity contribution is -0.123. The third-order valence-electron chi connectivity index (χ3n) is 4.73. The van der Waals surface area contributed by atoms with E-state index in [2.05, 4.69) is 10.2 Å². The second kappa shape index (κ2) is 10.5. The van der Waals surface area contributed by atoms with E-state index in [0.717, 1.165) is 29.2 Å². The minimum Gasteiger partial charge on any atom is -0.484 e. The number of nitrogens with zero attached hydrogens (tertiary/aromatic N) is 1. The zero-order valence-electron chi connectivity index (χ0n) is 15.5. The van der Waals surface area contributed by atoms with E-state index in [9.17, 15) is 4.79 Å². The van der Waals surface area contributed by atoms with Gasteiger partial charge in [0.05, 0.1) is 6.04 Å². The van der Waals surface area contributed by atoms with Gasteiger partial charge in [0.1, 0.15) is 5.75 Å². The fourth-order valence-electron chi connectivity index (χ4n) is 3.28. The first-order chi connectivity index (χ1) is 12.6. The molecular weight excluding hydrogens is 383 g/mol. The Labute approximate surface area is 172 Å². The largest absolute Gasteiger partial charge is 0.484 e. The molecule has 1 fully saturated rings. The number of benzene rings is 2. The number of nitrogens with one attached hydrogen (secondary N) is 1. The van der Waals surface area contributed by atoms with Gasteiger partial charge in [0.2, 0.25) is 0 Å². The first-order valence-corrected chi connectivity index (χ1v) is 9.46. The molecular formula is C21H26Cl2N2O2. The van der Waals surface area contributed by atoms with Crippen molar-refractivity contribution in [1.82, 2.24) is 10.2 Å². The predicted octanol–water partition coefficient (Wildman–Crippen LogP) is 4.40. The molecule has 146 valence electrons. The van der Waals surface area contributed by atoms with Crippen molar-refractivity contribution >= 4 is 29.9 Å². The summed E-state index contributed by atoms with van der Waals surface area (Å²) in [7, 11) is 0. The maximum Gasteiger partial charge on any atom is 0.258 e. The number of halogens is 2. The van der Waals surface area contributed by atoms with Crippen LogP contribution in [0.4, 0.5) is 0 Å². The van der Waals surface area contributed by atoms with Crippen molar-refractivity contribution in [3.63, 3.8) is 0 Å². The molecule has 2 aromatic rings. The van der Waals surface area contributed by atoms with Crippen LogP contribution in [0.2, 0.25) is 5.02 Å². The topological polar surface area (TPSA) is 41.6 Å². The van der Waals surface area contributed by atoms with Gasteiger partial charge in [-0.15, -0.1) is 12.4 Å². The maximum absolute atomic E-state index is 12.2. The van der Waals surface area contributed by atoms with Gasteiger partial charge in [-0.1, -0.05) is 47.5 Å². The van der Waals surface area contributed by atoms with Crippen LogP contribution in [-0.4, -0.2) is 37.0 Å². The molecule has 1 aliphatic rings. The molecule has 0 saturated carbocycles. The Hall–Kier alpha value is -1.75. The molecule has 3 rings (SSSR count). The molecule has 1 atom stereocenters. The van der Waals surface area contributed by atoms with E-state index in [-0.39, 0.29) is 31.0 Å². The summed E-state index contributed by atoms with van der Waals surface area (Å²) in [5, 5.41) is 3.75. The Morgan fingerprint density at radius 2 is 1.81 bits per heavy atom. The van der Waals surface area contributed by atoms with Crippen molar-refractivity contribution in [2.45, 2.75) is 25.8 Å². The highest BCUT2D eigenvalue weighted by atomic mass is 35.5. The molecule has 0 aliphatic carbocycles. The van der Waals surface area contributed by atoms with Crippen LogP contribution in [0.1, 0.15) is 30.0 Å². The summed E-state index contributed by atoms with van der Waals surface area (Å²) >= 11 is 6.40. The van der Waals surface area contributed by atoms with Crippen LogP contribution < -0.4 is 10.1 Å². The van der Waals surface area contributed by atoms with Gasteiger partial charge < -0.3 is 10.1 Å². The smallest absolute Gasteiger partial charge is 0.258 e. The van der Waals surface area contributed by atoms with Crippen molar-refractivity contribution in [2.75, 3.05) is 26.2 Å². The molecule has 1 N–H and O–H groups in total. The first-order valence-electron chi connectivity index (χ1n) is 9.08. The van der Waals surface area contributed by atoms with E-state index in [0.29, 0.717) is 12.3 Å². The normalized spacial score (nSPS) is 15.0. The fraction of sp³-hybridized carbons (Fsp3) is 0.381. The standard InChI is InChI=1S/C21H25ClN2O2.ClH/c1-16-8-10-17(11-9-16)26-15-21(25)23-14-20(24-12-4-5-13-24)18-6-2-3-7-19(18)22;/h2-3,6-11,20H,4-5,12-15H2,1H3,(H,23,25);1H. The average Bonchev–Trinajstić information content (AvgIpc) is 3.17. The molecule has 0 aromatic heterocycles. The highest BCUT2D eigenvalue weighted by molar-refractivity contribution is 6.31. The zero-order chi connectivity index (χ0) is 18.4. The van der Waals surface area contributed by atoms with Crippen LogP contribution >= 0.6 is 24.0 Å². The Bertz CT molecular complexity index is 731. The van der Waals surface area contributed by atoms with E-state index in [1.54, 1.807) is 0 Å². The van der Waals surface area contributed by atoms with Gasteiger partial charge in [0.15, 0.2) is 6.61 Å². The van der Waals surface area contributed by atoms with E-state index >= 15 is 0 Å². The molecule has 2 aromatic carbocycles. The molecule has 1 aliphatic heterocycles. The molecule has 0 spiro atoms. The number of rotatable bonds is 7. The van der Waals surface area contributed by atoms with Gasteiger partial charge >= 0.3 is 0 Å². The molecule has 6 heteroatoms. The third kappa shape index (κ3) is 6.13. The highest BCUT2D eigenvalue weighted by Crippen LogP contribution is 2.29. The van der Waals surface area contributed by atoms with Crippen LogP contribution in [0.5, 0.6) is 5.75 Å². The second-order valence-electron chi connectivity index (χ2n) is 6.69. The minimum absolute atomic E-state index is 0.